The van der Waals surface area contributed by atoms with Crippen molar-refractivity contribution in [3.8, 4) is 11.8 Å². The highest BCUT2D eigenvalue weighted by Crippen LogP contribution is 2.17. The van der Waals surface area contributed by atoms with Crippen LogP contribution in [-0.4, -0.2) is 18.5 Å². The molecule has 1 aromatic rings. The minimum Gasteiger partial charge on any atom is -0.298 e. The predicted molar refractivity (Wildman–Crippen MR) is 101 cm³/mol. The number of benzene rings is 1. The van der Waals surface area contributed by atoms with Crippen molar-refractivity contribution in [1.29, 1.82) is 0 Å². The van der Waals surface area contributed by atoms with Crippen LogP contribution in [0.4, 0.5) is 4.39 Å². The minimum atomic E-state index is -0.173. The highest BCUT2D eigenvalue weighted by molar-refractivity contribution is 5.85. The van der Waals surface area contributed by atoms with E-state index < -0.39 is 0 Å². The van der Waals surface area contributed by atoms with E-state index in [-0.39, 0.29) is 23.6 Å². The Balaban J connectivity index is 0.00000484. The fourth-order valence-corrected chi connectivity index (χ4v) is 1.87. The summed E-state index contributed by atoms with van der Waals surface area (Å²) in [5.74, 6) is 6.01. The van der Waals surface area contributed by atoms with Gasteiger partial charge in [-0.25, -0.2) is 4.39 Å². The highest BCUT2D eigenvalue weighted by atomic mass is 35.5. The van der Waals surface area contributed by atoms with Gasteiger partial charge in [0, 0.05) is 24.1 Å². The molecule has 3 heteroatoms. The average Bonchev–Trinajstić information content (AvgIpc) is 2.39. The second-order valence-corrected chi connectivity index (χ2v) is 6.70. The van der Waals surface area contributed by atoms with Gasteiger partial charge in [-0.2, -0.15) is 0 Å². The standard InChI is InChI=1S/C20H26FN.ClH/c1-16(2)17-10-11-19(21)18(14-17)15-22(6)13-9-7-8-12-20(3,4)5;/h7,9-11,14H,1,13,15H2,2-6H3;1H/b9-7+;. The molecule has 0 atom stereocenters. The molecule has 1 nitrogen and oxygen atoms in total. The summed E-state index contributed by atoms with van der Waals surface area (Å²) in [6, 6.07) is 5.15. The molecule has 126 valence electrons. The zero-order chi connectivity index (χ0) is 16.8. The monoisotopic (exact) mass is 335 g/mol. The van der Waals surface area contributed by atoms with Crippen molar-refractivity contribution >= 4 is 18.0 Å². The lowest BCUT2D eigenvalue weighted by Crippen LogP contribution is -2.18. The van der Waals surface area contributed by atoms with Crippen LogP contribution in [0.15, 0.2) is 36.9 Å². The quantitative estimate of drug-likeness (QED) is 0.658. The first kappa shape index (κ1) is 21.4. The van der Waals surface area contributed by atoms with Crippen molar-refractivity contribution in [2.75, 3.05) is 13.6 Å². The maximum atomic E-state index is 13.9. The lowest BCUT2D eigenvalue weighted by molar-refractivity contribution is 0.356. The maximum Gasteiger partial charge on any atom is 0.127 e. The number of halogens is 2. The zero-order valence-corrected chi connectivity index (χ0v) is 15.6. The van der Waals surface area contributed by atoms with Gasteiger partial charge < -0.3 is 0 Å². The van der Waals surface area contributed by atoms with Gasteiger partial charge in [-0.3, -0.25) is 4.90 Å². The number of hydrogen-bond acceptors (Lipinski definition) is 1. The van der Waals surface area contributed by atoms with Crippen LogP contribution in [0.1, 0.15) is 38.8 Å². The number of allylic oxidation sites excluding steroid dienone is 2. The third kappa shape index (κ3) is 8.59. The number of nitrogens with zero attached hydrogens (tertiary/aromatic N) is 1. The molecule has 0 fully saturated rings. The van der Waals surface area contributed by atoms with Crippen LogP contribution in [0.3, 0.4) is 0 Å². The summed E-state index contributed by atoms with van der Waals surface area (Å²) in [4.78, 5) is 2.05. The molecule has 1 rings (SSSR count). The van der Waals surface area contributed by atoms with Crippen LogP contribution >= 0.6 is 12.4 Å². The van der Waals surface area contributed by atoms with Crippen LogP contribution in [0.5, 0.6) is 0 Å². The zero-order valence-electron chi connectivity index (χ0n) is 14.7. The molecule has 0 aliphatic carbocycles. The summed E-state index contributed by atoms with van der Waals surface area (Å²) in [6.07, 6.45) is 3.86. The topological polar surface area (TPSA) is 3.24 Å². The lowest BCUT2D eigenvalue weighted by atomic mass is 9.98. The van der Waals surface area contributed by atoms with Crippen LogP contribution in [0.25, 0.3) is 5.57 Å². The van der Waals surface area contributed by atoms with Crippen LogP contribution in [0, 0.1) is 23.1 Å². The molecule has 0 spiro atoms. The van der Waals surface area contributed by atoms with Gasteiger partial charge in [0.05, 0.1) is 0 Å². The van der Waals surface area contributed by atoms with E-state index in [9.17, 15) is 4.39 Å². The molecule has 0 aliphatic heterocycles. The Kier molecular flexibility index (Phi) is 8.90. The predicted octanol–water partition coefficient (Wildman–Crippen LogP) is 5.32. The second-order valence-electron chi connectivity index (χ2n) is 6.70. The van der Waals surface area contributed by atoms with Crippen molar-refractivity contribution in [2.24, 2.45) is 5.41 Å². The minimum absolute atomic E-state index is 0. The number of likely N-dealkylation sites (N-methyl/N-ethyl adjacent to an activating group) is 1. The van der Waals surface area contributed by atoms with E-state index in [0.29, 0.717) is 12.1 Å². The first-order valence-electron chi connectivity index (χ1n) is 7.49. The molecule has 0 aromatic heterocycles. The van der Waals surface area contributed by atoms with Gasteiger partial charge in [0.25, 0.3) is 0 Å². The smallest absolute Gasteiger partial charge is 0.127 e. The van der Waals surface area contributed by atoms with Gasteiger partial charge >= 0.3 is 0 Å². The van der Waals surface area contributed by atoms with E-state index in [0.717, 1.165) is 17.7 Å². The Bertz CT molecular complexity index is 615. The van der Waals surface area contributed by atoms with Crippen molar-refractivity contribution < 1.29 is 4.39 Å². The summed E-state index contributed by atoms with van der Waals surface area (Å²) < 4.78 is 13.9. The molecular weight excluding hydrogens is 309 g/mol. The number of hydrogen-bond donors (Lipinski definition) is 0. The van der Waals surface area contributed by atoms with Crippen molar-refractivity contribution in [1.82, 2.24) is 4.90 Å². The van der Waals surface area contributed by atoms with Crippen molar-refractivity contribution in [2.45, 2.75) is 34.2 Å². The summed E-state index contributed by atoms with van der Waals surface area (Å²) in [5.41, 5.74) is 2.64. The Hall–Kier alpha value is -1.56. The van der Waals surface area contributed by atoms with Crippen LogP contribution in [0.2, 0.25) is 0 Å². The largest absolute Gasteiger partial charge is 0.298 e. The van der Waals surface area contributed by atoms with Crippen LogP contribution in [-0.2, 0) is 6.54 Å². The van der Waals surface area contributed by atoms with E-state index >= 15 is 0 Å². The Labute approximate surface area is 146 Å². The highest BCUT2D eigenvalue weighted by Gasteiger charge is 2.06. The van der Waals surface area contributed by atoms with Gasteiger partial charge in [0.1, 0.15) is 5.82 Å². The molecule has 0 N–H and O–H groups in total. The Morgan fingerprint density at radius 3 is 2.57 bits per heavy atom. The molecular formula is C20H27ClFN. The molecule has 0 saturated carbocycles. The van der Waals surface area contributed by atoms with Crippen molar-refractivity contribution in [3.63, 3.8) is 0 Å². The summed E-state index contributed by atoms with van der Waals surface area (Å²) in [5, 5.41) is 0. The van der Waals surface area contributed by atoms with Crippen LogP contribution < -0.4 is 0 Å². The molecule has 1 aromatic carbocycles. The summed E-state index contributed by atoms with van der Waals surface area (Å²) in [7, 11) is 1.97. The fraction of sp³-hybridized carbons (Fsp3) is 0.400. The second kappa shape index (κ2) is 9.55. The molecule has 0 radical (unpaired) electrons. The van der Waals surface area contributed by atoms with E-state index in [1.807, 2.05) is 32.2 Å². The summed E-state index contributed by atoms with van der Waals surface area (Å²) >= 11 is 0. The average molecular weight is 336 g/mol. The molecule has 0 unspecified atom stereocenters. The fourth-order valence-electron chi connectivity index (χ4n) is 1.87. The van der Waals surface area contributed by atoms with Gasteiger partial charge in [0.15, 0.2) is 0 Å². The van der Waals surface area contributed by atoms with Gasteiger partial charge in [-0.1, -0.05) is 36.1 Å². The third-order valence-electron chi connectivity index (χ3n) is 3.04. The van der Waals surface area contributed by atoms with Gasteiger partial charge in [-0.05, 0) is 58.5 Å². The van der Waals surface area contributed by atoms with E-state index in [4.69, 9.17) is 0 Å². The Morgan fingerprint density at radius 1 is 1.35 bits per heavy atom. The maximum absolute atomic E-state index is 13.9. The summed E-state index contributed by atoms with van der Waals surface area (Å²) in [6.45, 7) is 13.4. The third-order valence-corrected chi connectivity index (χ3v) is 3.04. The normalized spacial score (nSPS) is 11.1. The molecule has 0 bridgehead atoms. The molecule has 0 aliphatic rings. The SMILES string of the molecule is C=C(C)c1ccc(F)c(CN(C)C/C=C/C#CC(C)(C)C)c1.Cl. The van der Waals surface area contributed by atoms with E-state index in [1.54, 1.807) is 6.07 Å². The number of rotatable bonds is 5. The van der Waals surface area contributed by atoms with Gasteiger partial charge in [0.2, 0.25) is 0 Å². The Morgan fingerprint density at radius 2 is 2.00 bits per heavy atom. The molecule has 0 heterocycles. The lowest BCUT2D eigenvalue weighted by Gasteiger charge is -2.15. The van der Waals surface area contributed by atoms with E-state index in [1.165, 1.54) is 6.07 Å². The first-order chi connectivity index (χ1) is 10.2. The van der Waals surface area contributed by atoms with Gasteiger partial charge in [-0.15, -0.1) is 12.4 Å². The van der Waals surface area contributed by atoms with Crippen molar-refractivity contribution in [3.05, 3.63) is 53.9 Å². The first-order valence-corrected chi connectivity index (χ1v) is 7.49. The molecule has 0 saturated heterocycles. The molecule has 23 heavy (non-hydrogen) atoms. The molecule has 0 amide bonds. The van der Waals surface area contributed by atoms with E-state index in [2.05, 4.69) is 44.1 Å².